The van der Waals surface area contributed by atoms with Crippen LogP contribution in [0.3, 0.4) is 0 Å². The van der Waals surface area contributed by atoms with Gasteiger partial charge in [-0.25, -0.2) is 4.98 Å². The fourth-order valence-corrected chi connectivity index (χ4v) is 3.01. The van der Waals surface area contributed by atoms with Crippen molar-refractivity contribution in [1.82, 2.24) is 9.55 Å². The van der Waals surface area contributed by atoms with E-state index < -0.39 is 0 Å². The van der Waals surface area contributed by atoms with E-state index in [1.807, 2.05) is 12.1 Å². The summed E-state index contributed by atoms with van der Waals surface area (Å²) in [6.07, 6.45) is 3.29. The number of hydrogen-bond donors (Lipinski definition) is 0. The number of rotatable bonds is 4. The molecule has 1 atom stereocenters. The fraction of sp³-hybridized carbons (Fsp3) is 0.500. The lowest BCUT2D eigenvalue weighted by atomic mass is 10.2. The summed E-state index contributed by atoms with van der Waals surface area (Å²) in [5.41, 5.74) is 1.94. The molecular formula is C14H16Cl2N2O. The smallest absolute Gasteiger partial charge is 0.111 e. The molecule has 0 spiro atoms. The summed E-state index contributed by atoms with van der Waals surface area (Å²) in [5, 5.41) is 0.694. The van der Waals surface area contributed by atoms with E-state index >= 15 is 0 Å². The third kappa shape index (κ3) is 2.60. The van der Waals surface area contributed by atoms with E-state index in [9.17, 15) is 0 Å². The number of ether oxygens (including phenoxy) is 1. The van der Waals surface area contributed by atoms with Crippen LogP contribution in [0.15, 0.2) is 18.2 Å². The third-order valence-electron chi connectivity index (χ3n) is 3.54. The molecule has 1 fully saturated rings. The van der Waals surface area contributed by atoms with Crippen molar-refractivity contribution in [1.29, 1.82) is 0 Å². The van der Waals surface area contributed by atoms with Gasteiger partial charge in [-0.2, -0.15) is 0 Å². The number of hydrogen-bond acceptors (Lipinski definition) is 2. The van der Waals surface area contributed by atoms with Gasteiger partial charge >= 0.3 is 0 Å². The molecule has 19 heavy (non-hydrogen) atoms. The standard InChI is InChI=1S/C14H16Cl2N2O/c15-7-6-13-17-14-11(16)4-1-5-12(14)18(13)9-10-3-2-8-19-10/h1,4-5,10H,2-3,6-9H2. The first-order valence-corrected chi connectivity index (χ1v) is 7.52. The topological polar surface area (TPSA) is 27.1 Å². The molecule has 1 aliphatic heterocycles. The Balaban J connectivity index is 2.02. The van der Waals surface area contributed by atoms with Gasteiger partial charge in [0.2, 0.25) is 0 Å². The van der Waals surface area contributed by atoms with Crippen LogP contribution < -0.4 is 0 Å². The predicted molar refractivity (Wildman–Crippen MR) is 78.1 cm³/mol. The van der Waals surface area contributed by atoms with Gasteiger partial charge in [-0.15, -0.1) is 11.6 Å². The number of aryl methyl sites for hydroxylation is 1. The lowest BCUT2D eigenvalue weighted by Gasteiger charge is -2.13. The second-order valence-corrected chi connectivity index (χ2v) is 5.61. The van der Waals surface area contributed by atoms with Crippen molar-refractivity contribution in [2.75, 3.05) is 12.5 Å². The third-order valence-corrected chi connectivity index (χ3v) is 4.03. The number of benzene rings is 1. The zero-order chi connectivity index (χ0) is 13.2. The summed E-state index contributed by atoms with van der Waals surface area (Å²) in [6, 6.07) is 5.89. The van der Waals surface area contributed by atoms with E-state index in [1.165, 1.54) is 0 Å². The number of fused-ring (bicyclic) bond motifs is 1. The van der Waals surface area contributed by atoms with E-state index in [-0.39, 0.29) is 6.10 Å². The fourth-order valence-electron chi connectivity index (χ4n) is 2.63. The number of alkyl halides is 1. The summed E-state index contributed by atoms with van der Waals surface area (Å²) < 4.78 is 7.93. The summed E-state index contributed by atoms with van der Waals surface area (Å²) in [5.74, 6) is 1.56. The van der Waals surface area contributed by atoms with Crippen molar-refractivity contribution in [2.24, 2.45) is 0 Å². The molecule has 1 unspecified atom stereocenters. The summed E-state index contributed by atoms with van der Waals surface area (Å²) in [7, 11) is 0. The van der Waals surface area contributed by atoms with Crippen molar-refractivity contribution in [3.05, 3.63) is 29.0 Å². The van der Waals surface area contributed by atoms with E-state index in [4.69, 9.17) is 27.9 Å². The number of imidazole rings is 1. The molecule has 1 aromatic heterocycles. The largest absolute Gasteiger partial charge is 0.376 e. The Morgan fingerprint density at radius 3 is 3.05 bits per heavy atom. The minimum Gasteiger partial charge on any atom is -0.376 e. The normalized spacial score (nSPS) is 19.4. The first kappa shape index (κ1) is 13.2. The average Bonchev–Trinajstić information content (AvgIpc) is 3.01. The van der Waals surface area contributed by atoms with Crippen LogP contribution in [0, 0.1) is 0 Å². The van der Waals surface area contributed by atoms with E-state index in [1.54, 1.807) is 0 Å². The highest BCUT2D eigenvalue weighted by Gasteiger charge is 2.20. The van der Waals surface area contributed by atoms with Crippen molar-refractivity contribution >= 4 is 34.2 Å². The quantitative estimate of drug-likeness (QED) is 0.806. The lowest BCUT2D eigenvalue weighted by molar-refractivity contribution is 0.0972. The molecule has 0 bridgehead atoms. The molecule has 0 N–H and O–H groups in total. The van der Waals surface area contributed by atoms with Crippen LogP contribution in [0.25, 0.3) is 11.0 Å². The Kier molecular flexibility index (Phi) is 3.96. The van der Waals surface area contributed by atoms with Gasteiger partial charge in [0.1, 0.15) is 11.3 Å². The van der Waals surface area contributed by atoms with Gasteiger partial charge in [0.25, 0.3) is 0 Å². The number of para-hydroxylation sites is 1. The van der Waals surface area contributed by atoms with Gasteiger partial charge < -0.3 is 9.30 Å². The molecule has 3 nitrogen and oxygen atoms in total. The number of halogens is 2. The van der Waals surface area contributed by atoms with Crippen LogP contribution in [0.4, 0.5) is 0 Å². The highest BCUT2D eigenvalue weighted by molar-refractivity contribution is 6.34. The molecule has 2 aromatic rings. The Morgan fingerprint density at radius 1 is 1.42 bits per heavy atom. The van der Waals surface area contributed by atoms with Crippen LogP contribution in [-0.2, 0) is 17.7 Å². The first-order chi connectivity index (χ1) is 9.29. The summed E-state index contributed by atoms with van der Waals surface area (Å²) in [4.78, 5) is 4.64. The van der Waals surface area contributed by atoms with Gasteiger partial charge in [-0.3, -0.25) is 0 Å². The predicted octanol–water partition coefficient (Wildman–Crippen LogP) is 3.65. The molecule has 1 saturated heterocycles. The van der Waals surface area contributed by atoms with Crippen LogP contribution in [-0.4, -0.2) is 28.1 Å². The molecule has 102 valence electrons. The van der Waals surface area contributed by atoms with Crippen LogP contribution in [0.5, 0.6) is 0 Å². The van der Waals surface area contributed by atoms with Crippen molar-refractivity contribution < 1.29 is 4.74 Å². The maximum absolute atomic E-state index is 6.22. The van der Waals surface area contributed by atoms with Gasteiger partial charge in [0.05, 0.1) is 23.2 Å². The molecule has 3 rings (SSSR count). The molecule has 0 aliphatic carbocycles. The highest BCUT2D eigenvalue weighted by atomic mass is 35.5. The zero-order valence-corrected chi connectivity index (χ0v) is 12.1. The maximum atomic E-state index is 6.22. The monoisotopic (exact) mass is 298 g/mol. The Hall–Kier alpha value is -0.770. The molecule has 2 heterocycles. The van der Waals surface area contributed by atoms with Crippen molar-refractivity contribution in [2.45, 2.75) is 31.9 Å². The first-order valence-electron chi connectivity index (χ1n) is 6.61. The maximum Gasteiger partial charge on any atom is 0.111 e. The van der Waals surface area contributed by atoms with E-state index in [2.05, 4.69) is 15.6 Å². The molecular weight excluding hydrogens is 283 g/mol. The minimum absolute atomic E-state index is 0.283. The lowest BCUT2D eigenvalue weighted by Crippen LogP contribution is -2.17. The second-order valence-electron chi connectivity index (χ2n) is 4.82. The van der Waals surface area contributed by atoms with E-state index in [0.29, 0.717) is 10.9 Å². The van der Waals surface area contributed by atoms with Crippen molar-refractivity contribution in [3.8, 4) is 0 Å². The minimum atomic E-state index is 0.283. The Morgan fingerprint density at radius 2 is 2.32 bits per heavy atom. The van der Waals surface area contributed by atoms with Gasteiger partial charge in [-0.1, -0.05) is 17.7 Å². The molecule has 1 aliphatic rings. The molecule has 0 radical (unpaired) electrons. The van der Waals surface area contributed by atoms with Crippen LogP contribution in [0.2, 0.25) is 5.02 Å². The number of nitrogens with zero attached hydrogens (tertiary/aromatic N) is 2. The number of aromatic nitrogens is 2. The van der Waals surface area contributed by atoms with Crippen LogP contribution in [0.1, 0.15) is 18.7 Å². The van der Waals surface area contributed by atoms with Gasteiger partial charge in [0, 0.05) is 18.9 Å². The Bertz CT molecular complexity index is 576. The molecule has 0 amide bonds. The van der Waals surface area contributed by atoms with Gasteiger partial charge in [-0.05, 0) is 25.0 Å². The highest BCUT2D eigenvalue weighted by Crippen LogP contribution is 2.26. The Labute approximate surface area is 122 Å². The molecule has 0 saturated carbocycles. The average molecular weight is 299 g/mol. The SMILES string of the molecule is ClCCc1nc2c(Cl)cccc2n1CC1CCCO1. The summed E-state index contributed by atoms with van der Waals surface area (Å²) in [6.45, 7) is 1.70. The molecule has 5 heteroatoms. The second kappa shape index (κ2) is 5.70. The van der Waals surface area contributed by atoms with Crippen LogP contribution >= 0.6 is 23.2 Å². The molecule has 1 aromatic carbocycles. The van der Waals surface area contributed by atoms with E-state index in [0.717, 1.165) is 49.3 Å². The summed E-state index contributed by atoms with van der Waals surface area (Å²) >= 11 is 12.1. The zero-order valence-electron chi connectivity index (χ0n) is 10.6. The van der Waals surface area contributed by atoms with Crippen molar-refractivity contribution in [3.63, 3.8) is 0 Å². The van der Waals surface area contributed by atoms with Gasteiger partial charge in [0.15, 0.2) is 0 Å².